The molecule has 1 aliphatic heterocycles. The van der Waals surface area contributed by atoms with Crippen molar-refractivity contribution in [3.8, 4) is 0 Å². The fourth-order valence-corrected chi connectivity index (χ4v) is 3.30. The second-order valence-corrected chi connectivity index (χ2v) is 6.67. The van der Waals surface area contributed by atoms with Gasteiger partial charge in [0.1, 0.15) is 5.82 Å². The van der Waals surface area contributed by atoms with E-state index in [0.717, 1.165) is 31.9 Å². The number of unbranched alkanes of at least 4 members (excludes halogenated alkanes) is 1. The van der Waals surface area contributed by atoms with Crippen LogP contribution in [0.5, 0.6) is 0 Å². The van der Waals surface area contributed by atoms with Gasteiger partial charge in [-0.05, 0) is 48.9 Å². The fourth-order valence-electron chi connectivity index (χ4n) is 3.30. The maximum Gasteiger partial charge on any atom is 0.146 e. The van der Waals surface area contributed by atoms with E-state index in [1.165, 1.54) is 24.8 Å². The van der Waals surface area contributed by atoms with Gasteiger partial charge in [-0.15, -0.1) is 0 Å². The third kappa shape index (κ3) is 4.70. The third-order valence-corrected chi connectivity index (χ3v) is 4.26. The second-order valence-electron chi connectivity index (χ2n) is 6.67. The molecule has 2 rings (SSSR count). The van der Waals surface area contributed by atoms with Crippen LogP contribution in [0.15, 0.2) is 18.2 Å². The first kappa shape index (κ1) is 16.3. The van der Waals surface area contributed by atoms with Gasteiger partial charge in [0.05, 0.1) is 5.69 Å². The minimum absolute atomic E-state index is 0.0893. The highest BCUT2D eigenvalue weighted by molar-refractivity contribution is 5.50. The molecule has 0 spiro atoms. The van der Waals surface area contributed by atoms with Crippen LogP contribution >= 0.6 is 0 Å². The van der Waals surface area contributed by atoms with Gasteiger partial charge in [0.15, 0.2) is 0 Å². The Morgan fingerprint density at radius 2 is 1.95 bits per heavy atom. The van der Waals surface area contributed by atoms with Gasteiger partial charge in [0.25, 0.3) is 0 Å². The zero-order valence-electron chi connectivity index (χ0n) is 13.7. The summed E-state index contributed by atoms with van der Waals surface area (Å²) in [5, 5.41) is 3.43. The zero-order valence-corrected chi connectivity index (χ0v) is 13.7. The molecule has 0 bridgehead atoms. The molecule has 1 fully saturated rings. The number of piperidine rings is 1. The van der Waals surface area contributed by atoms with Crippen molar-refractivity contribution < 1.29 is 4.39 Å². The lowest BCUT2D eigenvalue weighted by Crippen LogP contribution is -2.39. The van der Waals surface area contributed by atoms with Crippen LogP contribution in [0.3, 0.4) is 0 Å². The largest absolute Gasteiger partial charge is 0.369 e. The highest BCUT2D eigenvalue weighted by Gasteiger charge is 2.23. The normalized spacial score (nSPS) is 22.6. The second kappa shape index (κ2) is 7.79. The molecule has 1 aromatic rings. The Morgan fingerprint density at radius 3 is 2.62 bits per heavy atom. The van der Waals surface area contributed by atoms with Crippen molar-refractivity contribution in [2.75, 3.05) is 24.5 Å². The van der Waals surface area contributed by atoms with Crippen molar-refractivity contribution in [2.24, 2.45) is 11.8 Å². The molecular formula is C18H29FN2. The molecule has 1 N–H and O–H groups in total. The molecule has 3 heteroatoms. The Balaban J connectivity index is 2.04. The van der Waals surface area contributed by atoms with E-state index in [9.17, 15) is 4.39 Å². The number of hydrogen-bond donors (Lipinski definition) is 1. The first-order chi connectivity index (χ1) is 10.1. The summed E-state index contributed by atoms with van der Waals surface area (Å²) in [7, 11) is 0. The van der Waals surface area contributed by atoms with Crippen molar-refractivity contribution in [3.63, 3.8) is 0 Å². The average molecular weight is 292 g/mol. The van der Waals surface area contributed by atoms with Crippen molar-refractivity contribution in [1.29, 1.82) is 0 Å². The number of halogens is 1. The highest BCUT2D eigenvalue weighted by Crippen LogP contribution is 2.28. The molecule has 0 saturated carbocycles. The molecule has 0 amide bonds. The lowest BCUT2D eigenvalue weighted by molar-refractivity contribution is 0.354. The summed E-state index contributed by atoms with van der Waals surface area (Å²) in [5.41, 5.74) is 1.96. The zero-order chi connectivity index (χ0) is 15.2. The van der Waals surface area contributed by atoms with Crippen LogP contribution < -0.4 is 10.2 Å². The number of nitrogens with one attached hydrogen (secondary N) is 1. The van der Waals surface area contributed by atoms with Crippen molar-refractivity contribution in [3.05, 3.63) is 29.6 Å². The number of nitrogens with zero attached hydrogens (tertiary/aromatic N) is 1. The lowest BCUT2D eigenvalue weighted by atomic mass is 9.91. The van der Waals surface area contributed by atoms with Crippen molar-refractivity contribution in [1.82, 2.24) is 5.32 Å². The van der Waals surface area contributed by atoms with Gasteiger partial charge in [0, 0.05) is 19.6 Å². The fraction of sp³-hybridized carbons (Fsp3) is 0.667. The first-order valence-electron chi connectivity index (χ1n) is 8.34. The molecular weight excluding hydrogens is 263 g/mol. The molecule has 21 heavy (non-hydrogen) atoms. The predicted octanol–water partition coefficient (Wildman–Crippen LogP) is 4.20. The predicted molar refractivity (Wildman–Crippen MR) is 88.2 cm³/mol. The third-order valence-electron chi connectivity index (χ3n) is 4.26. The Labute approximate surface area is 128 Å². The molecule has 2 unspecified atom stereocenters. The van der Waals surface area contributed by atoms with E-state index in [2.05, 4.69) is 31.0 Å². The van der Waals surface area contributed by atoms with E-state index in [1.807, 2.05) is 12.1 Å². The molecule has 0 aromatic heterocycles. The van der Waals surface area contributed by atoms with Gasteiger partial charge >= 0.3 is 0 Å². The van der Waals surface area contributed by atoms with Crippen LogP contribution in [0.1, 0.15) is 45.6 Å². The summed E-state index contributed by atoms with van der Waals surface area (Å²) in [6, 6.07) is 5.55. The highest BCUT2D eigenvalue weighted by atomic mass is 19.1. The monoisotopic (exact) mass is 292 g/mol. The molecule has 2 atom stereocenters. The maximum atomic E-state index is 14.2. The van der Waals surface area contributed by atoms with Gasteiger partial charge in [-0.1, -0.05) is 33.3 Å². The molecule has 1 saturated heterocycles. The molecule has 1 aliphatic rings. The average Bonchev–Trinajstić information content (AvgIpc) is 2.44. The van der Waals surface area contributed by atoms with Gasteiger partial charge in [-0.25, -0.2) is 4.39 Å². The Kier molecular flexibility index (Phi) is 6.04. The van der Waals surface area contributed by atoms with Crippen molar-refractivity contribution >= 4 is 5.69 Å². The van der Waals surface area contributed by atoms with Crippen LogP contribution in [0.25, 0.3) is 0 Å². The maximum absolute atomic E-state index is 14.2. The summed E-state index contributed by atoms with van der Waals surface area (Å²) in [6.45, 7) is 10.5. The SMILES string of the molecule is CCCCNCc1ccc(F)c(N2CC(C)CC(C)C2)c1. The standard InChI is InChI=1S/C18H29FN2/c1-4-5-8-20-11-16-6-7-17(19)18(10-16)21-12-14(2)9-15(3)13-21/h6-7,10,14-15,20H,4-5,8-9,11-13H2,1-3H3. The summed E-state index contributed by atoms with van der Waals surface area (Å²) in [5.74, 6) is 1.19. The summed E-state index contributed by atoms with van der Waals surface area (Å²) >= 11 is 0. The molecule has 0 radical (unpaired) electrons. The van der Waals surface area contributed by atoms with Gasteiger partial charge in [0.2, 0.25) is 0 Å². The Morgan fingerprint density at radius 1 is 1.24 bits per heavy atom. The number of benzene rings is 1. The van der Waals surface area contributed by atoms with E-state index in [4.69, 9.17) is 0 Å². The van der Waals surface area contributed by atoms with Crippen molar-refractivity contribution in [2.45, 2.75) is 46.6 Å². The van der Waals surface area contributed by atoms with Crippen LogP contribution in [-0.4, -0.2) is 19.6 Å². The summed E-state index contributed by atoms with van der Waals surface area (Å²) in [4.78, 5) is 2.23. The molecule has 118 valence electrons. The molecule has 0 aliphatic carbocycles. The minimum atomic E-state index is -0.0893. The van der Waals surface area contributed by atoms with E-state index >= 15 is 0 Å². The van der Waals surface area contributed by atoms with E-state index in [1.54, 1.807) is 6.07 Å². The smallest absolute Gasteiger partial charge is 0.146 e. The van der Waals surface area contributed by atoms with Crippen LogP contribution in [-0.2, 0) is 6.54 Å². The molecule has 2 nitrogen and oxygen atoms in total. The van der Waals surface area contributed by atoms with Gasteiger partial charge in [-0.3, -0.25) is 0 Å². The number of hydrogen-bond acceptors (Lipinski definition) is 2. The summed E-state index contributed by atoms with van der Waals surface area (Å²) < 4.78 is 14.2. The van der Waals surface area contributed by atoms with Gasteiger partial charge in [-0.2, -0.15) is 0 Å². The van der Waals surface area contributed by atoms with E-state index in [-0.39, 0.29) is 5.82 Å². The Hall–Kier alpha value is -1.09. The Bertz CT molecular complexity index is 437. The quantitative estimate of drug-likeness (QED) is 0.791. The van der Waals surface area contributed by atoms with E-state index < -0.39 is 0 Å². The van der Waals surface area contributed by atoms with Crippen LogP contribution in [0.2, 0.25) is 0 Å². The molecule has 1 aromatic carbocycles. The van der Waals surface area contributed by atoms with Gasteiger partial charge < -0.3 is 10.2 Å². The number of rotatable bonds is 6. The molecule has 1 heterocycles. The topological polar surface area (TPSA) is 15.3 Å². The van der Waals surface area contributed by atoms with Crippen LogP contribution in [0.4, 0.5) is 10.1 Å². The lowest BCUT2D eigenvalue weighted by Gasteiger charge is -2.37. The van der Waals surface area contributed by atoms with Crippen LogP contribution in [0, 0.1) is 17.7 Å². The number of anilines is 1. The first-order valence-corrected chi connectivity index (χ1v) is 8.34. The van der Waals surface area contributed by atoms with E-state index in [0.29, 0.717) is 11.8 Å². The summed E-state index contributed by atoms with van der Waals surface area (Å²) in [6.07, 6.45) is 3.64. The minimum Gasteiger partial charge on any atom is -0.369 e.